The number of unbranched alkanes of at least 4 members (excludes halogenated alkanes) is 1. The second-order valence-corrected chi connectivity index (χ2v) is 8.42. The predicted octanol–water partition coefficient (Wildman–Crippen LogP) is 4.57. The fourth-order valence-electron chi connectivity index (χ4n) is 3.96. The van der Waals surface area contributed by atoms with Crippen LogP contribution in [0.3, 0.4) is 0 Å². The SMILES string of the molecule is C=CCCC.CN1CCN(c2cnc3ccc(-c4ccc5c(c4)N=C(N)C5)cc3n2)CC1. The lowest BCUT2D eigenvalue weighted by Gasteiger charge is -2.33. The Bertz CT molecular complexity index is 1130. The van der Waals surface area contributed by atoms with Crippen LogP contribution < -0.4 is 10.6 Å². The van der Waals surface area contributed by atoms with E-state index in [-0.39, 0.29) is 0 Å². The third kappa shape index (κ3) is 4.97. The summed E-state index contributed by atoms with van der Waals surface area (Å²) in [5.74, 6) is 1.64. The van der Waals surface area contributed by atoms with Gasteiger partial charge in [0.15, 0.2) is 0 Å². The molecule has 6 nitrogen and oxygen atoms in total. The van der Waals surface area contributed by atoms with Crippen molar-refractivity contribution in [2.45, 2.75) is 26.2 Å². The molecular weight excluding hydrogens is 396 g/mol. The number of anilines is 1. The molecule has 166 valence electrons. The van der Waals surface area contributed by atoms with Crippen LogP contribution in [0.15, 0.2) is 60.2 Å². The van der Waals surface area contributed by atoms with Crippen LogP contribution in [-0.4, -0.2) is 53.9 Å². The van der Waals surface area contributed by atoms with Gasteiger partial charge in [0.25, 0.3) is 0 Å². The molecular formula is C26H32N6. The Morgan fingerprint density at radius 1 is 1.03 bits per heavy atom. The third-order valence-corrected chi connectivity index (χ3v) is 5.90. The number of hydrogen-bond acceptors (Lipinski definition) is 6. The molecule has 32 heavy (non-hydrogen) atoms. The van der Waals surface area contributed by atoms with Crippen LogP contribution in [0.1, 0.15) is 25.3 Å². The van der Waals surface area contributed by atoms with Crippen LogP contribution in [0, 0.1) is 0 Å². The summed E-state index contributed by atoms with van der Waals surface area (Å²) in [4.78, 5) is 18.6. The van der Waals surface area contributed by atoms with Gasteiger partial charge in [0.2, 0.25) is 0 Å². The van der Waals surface area contributed by atoms with Gasteiger partial charge in [-0.3, -0.25) is 4.98 Å². The minimum absolute atomic E-state index is 0.684. The number of allylic oxidation sites excluding steroid dienone is 1. The number of aromatic nitrogens is 2. The third-order valence-electron chi connectivity index (χ3n) is 5.90. The highest BCUT2D eigenvalue weighted by Crippen LogP contribution is 2.32. The number of likely N-dealkylation sites (N-methyl/N-ethyl adjacent to an activating group) is 1. The largest absolute Gasteiger partial charge is 0.387 e. The first kappa shape index (κ1) is 22.0. The molecule has 0 spiro atoms. The average molecular weight is 429 g/mol. The van der Waals surface area contributed by atoms with Gasteiger partial charge in [0.1, 0.15) is 11.7 Å². The van der Waals surface area contributed by atoms with Crippen molar-refractivity contribution in [3.63, 3.8) is 0 Å². The van der Waals surface area contributed by atoms with Crippen molar-refractivity contribution in [1.29, 1.82) is 0 Å². The summed E-state index contributed by atoms with van der Waals surface area (Å²) in [5, 5.41) is 0. The van der Waals surface area contributed by atoms with Gasteiger partial charge in [0, 0.05) is 32.6 Å². The second kappa shape index (κ2) is 9.92. The minimum Gasteiger partial charge on any atom is -0.387 e. The number of nitrogens with two attached hydrogens (primary N) is 1. The smallest absolute Gasteiger partial charge is 0.147 e. The van der Waals surface area contributed by atoms with Gasteiger partial charge >= 0.3 is 0 Å². The molecule has 2 N–H and O–H groups in total. The van der Waals surface area contributed by atoms with Gasteiger partial charge in [-0.15, -0.1) is 6.58 Å². The summed E-state index contributed by atoms with van der Waals surface area (Å²) in [6.07, 6.45) is 6.94. The highest BCUT2D eigenvalue weighted by molar-refractivity contribution is 5.92. The summed E-state index contributed by atoms with van der Waals surface area (Å²) >= 11 is 0. The van der Waals surface area contributed by atoms with Crippen LogP contribution in [0.5, 0.6) is 0 Å². The number of amidine groups is 1. The Morgan fingerprint density at radius 3 is 2.50 bits per heavy atom. The van der Waals surface area contributed by atoms with Crippen molar-refractivity contribution in [1.82, 2.24) is 14.9 Å². The first-order valence-corrected chi connectivity index (χ1v) is 11.3. The molecule has 0 saturated carbocycles. The van der Waals surface area contributed by atoms with E-state index in [0.717, 1.165) is 72.7 Å². The molecule has 0 unspecified atom stereocenters. The van der Waals surface area contributed by atoms with E-state index >= 15 is 0 Å². The quantitative estimate of drug-likeness (QED) is 0.617. The van der Waals surface area contributed by atoms with E-state index in [9.17, 15) is 0 Å². The summed E-state index contributed by atoms with van der Waals surface area (Å²) in [7, 11) is 2.16. The fraction of sp³-hybridized carbons (Fsp3) is 0.346. The molecule has 2 aliphatic rings. The number of hydrogen-bond donors (Lipinski definition) is 1. The monoisotopic (exact) mass is 428 g/mol. The second-order valence-electron chi connectivity index (χ2n) is 8.42. The van der Waals surface area contributed by atoms with E-state index in [4.69, 9.17) is 10.7 Å². The van der Waals surface area contributed by atoms with Crippen LogP contribution in [-0.2, 0) is 6.42 Å². The van der Waals surface area contributed by atoms with Crippen molar-refractivity contribution in [2.24, 2.45) is 10.7 Å². The highest BCUT2D eigenvalue weighted by atomic mass is 15.3. The molecule has 0 atom stereocenters. The molecule has 0 bridgehead atoms. The lowest BCUT2D eigenvalue weighted by molar-refractivity contribution is 0.312. The number of nitrogens with zero attached hydrogens (tertiary/aromatic N) is 5. The van der Waals surface area contributed by atoms with E-state index in [1.165, 1.54) is 12.0 Å². The van der Waals surface area contributed by atoms with Gasteiger partial charge in [-0.05, 0) is 48.4 Å². The van der Waals surface area contributed by atoms with E-state index < -0.39 is 0 Å². The minimum atomic E-state index is 0.684. The van der Waals surface area contributed by atoms with Gasteiger partial charge in [-0.1, -0.05) is 37.6 Å². The van der Waals surface area contributed by atoms with Crippen molar-refractivity contribution in [2.75, 3.05) is 38.1 Å². The van der Waals surface area contributed by atoms with Crippen molar-refractivity contribution >= 4 is 28.4 Å². The molecule has 1 fully saturated rings. The number of piperazine rings is 1. The Labute approximate surface area is 190 Å². The Hall–Kier alpha value is -3.25. The summed E-state index contributed by atoms with van der Waals surface area (Å²) in [6, 6.07) is 12.6. The zero-order chi connectivity index (χ0) is 22.5. The summed E-state index contributed by atoms with van der Waals surface area (Å²) in [5.41, 5.74) is 12.1. The van der Waals surface area contributed by atoms with Crippen LogP contribution in [0.2, 0.25) is 0 Å². The molecule has 0 aliphatic carbocycles. The molecule has 0 radical (unpaired) electrons. The molecule has 1 aromatic heterocycles. The topological polar surface area (TPSA) is 70.6 Å². The number of fused-ring (bicyclic) bond motifs is 2. The first-order chi connectivity index (χ1) is 15.6. The molecule has 3 aromatic rings. The molecule has 2 aliphatic heterocycles. The molecule has 6 heteroatoms. The maximum absolute atomic E-state index is 5.87. The number of rotatable bonds is 4. The van der Waals surface area contributed by atoms with Crippen molar-refractivity contribution < 1.29 is 0 Å². The molecule has 3 heterocycles. The van der Waals surface area contributed by atoms with Crippen LogP contribution in [0.25, 0.3) is 22.2 Å². The van der Waals surface area contributed by atoms with Gasteiger partial charge in [-0.2, -0.15) is 0 Å². The Kier molecular flexibility index (Phi) is 6.81. The predicted molar refractivity (Wildman–Crippen MR) is 135 cm³/mol. The van der Waals surface area contributed by atoms with Crippen LogP contribution in [0.4, 0.5) is 11.5 Å². The van der Waals surface area contributed by atoms with Gasteiger partial charge in [0.05, 0.1) is 22.9 Å². The number of benzene rings is 2. The Morgan fingerprint density at radius 2 is 1.78 bits per heavy atom. The van der Waals surface area contributed by atoms with Crippen molar-refractivity contribution in [3.05, 3.63) is 60.8 Å². The average Bonchev–Trinajstić information content (AvgIpc) is 3.19. The fourth-order valence-corrected chi connectivity index (χ4v) is 3.96. The number of aliphatic imine (C=N–C) groups is 1. The normalized spacial score (nSPS) is 15.7. The van der Waals surface area contributed by atoms with E-state index in [0.29, 0.717) is 5.84 Å². The summed E-state index contributed by atoms with van der Waals surface area (Å²) < 4.78 is 0. The lowest BCUT2D eigenvalue weighted by Crippen LogP contribution is -2.44. The maximum Gasteiger partial charge on any atom is 0.147 e. The maximum atomic E-state index is 5.87. The lowest BCUT2D eigenvalue weighted by atomic mass is 10.0. The molecule has 5 rings (SSSR count). The zero-order valence-electron chi connectivity index (χ0n) is 19.1. The first-order valence-electron chi connectivity index (χ1n) is 11.3. The van der Waals surface area contributed by atoms with E-state index in [1.54, 1.807) is 0 Å². The van der Waals surface area contributed by atoms with E-state index in [2.05, 4.69) is 70.7 Å². The standard InChI is InChI=1S/C21H22N6.C5H10/c1-26-6-8-27(9-7-26)21-13-23-17-5-4-15(11-19(17)25-21)14-2-3-16-12-20(22)24-18(16)10-14;1-3-5-4-2/h2-5,10-11,13H,6-9,12H2,1H3,(H2,22,24);3H,1,4-5H2,2H3. The highest BCUT2D eigenvalue weighted by Gasteiger charge is 2.17. The molecule has 2 aromatic carbocycles. The van der Waals surface area contributed by atoms with Gasteiger partial charge in [-0.25, -0.2) is 9.98 Å². The van der Waals surface area contributed by atoms with Crippen molar-refractivity contribution in [3.8, 4) is 11.1 Å². The van der Waals surface area contributed by atoms with Crippen LogP contribution >= 0.6 is 0 Å². The van der Waals surface area contributed by atoms with Gasteiger partial charge < -0.3 is 15.5 Å². The van der Waals surface area contributed by atoms with E-state index in [1.807, 2.05) is 18.3 Å². The molecule has 0 amide bonds. The zero-order valence-corrected chi connectivity index (χ0v) is 19.1. The molecule has 1 saturated heterocycles. The summed E-state index contributed by atoms with van der Waals surface area (Å²) in [6.45, 7) is 9.77. The Balaban J connectivity index is 0.000000444.